The highest BCUT2D eigenvalue weighted by atomic mass is 16.4. The predicted molar refractivity (Wildman–Crippen MR) is 98.9 cm³/mol. The Bertz CT molecular complexity index is 413. The van der Waals surface area contributed by atoms with Crippen molar-refractivity contribution in [1.82, 2.24) is 5.32 Å². The zero-order chi connectivity index (χ0) is 19.8. The number of hydrogen-bond donors (Lipinski definition) is 4. The van der Waals surface area contributed by atoms with Crippen molar-refractivity contribution in [3.8, 4) is 0 Å². The van der Waals surface area contributed by atoms with E-state index in [1.165, 1.54) is 38.5 Å². The van der Waals surface area contributed by atoms with Gasteiger partial charge in [0.05, 0.1) is 12.5 Å². The van der Waals surface area contributed by atoms with E-state index in [9.17, 15) is 19.5 Å². The van der Waals surface area contributed by atoms with Crippen molar-refractivity contribution in [2.75, 3.05) is 0 Å². The van der Waals surface area contributed by atoms with E-state index in [1.807, 2.05) is 0 Å². The molecule has 26 heavy (non-hydrogen) atoms. The molecule has 0 aromatic rings. The van der Waals surface area contributed by atoms with Crippen LogP contribution in [0.2, 0.25) is 0 Å². The lowest BCUT2D eigenvalue weighted by Crippen LogP contribution is -2.42. The van der Waals surface area contributed by atoms with Gasteiger partial charge < -0.3 is 20.6 Å². The minimum atomic E-state index is -1.27. The Morgan fingerprint density at radius 3 is 1.88 bits per heavy atom. The first-order valence-electron chi connectivity index (χ1n) is 9.78. The zero-order valence-electron chi connectivity index (χ0n) is 15.9. The molecule has 1 amide bonds. The van der Waals surface area contributed by atoms with Crippen LogP contribution in [0.15, 0.2) is 0 Å². The first-order chi connectivity index (χ1) is 12.4. The Balaban J connectivity index is 3.80. The molecule has 7 heteroatoms. The number of unbranched alkanes of at least 4 members (excludes halogenated alkanes) is 8. The summed E-state index contributed by atoms with van der Waals surface area (Å²) in [7, 11) is 0. The molecular formula is C19H35NO6. The minimum absolute atomic E-state index is 0.159. The summed E-state index contributed by atoms with van der Waals surface area (Å²) >= 11 is 0. The van der Waals surface area contributed by atoms with Gasteiger partial charge in [-0.25, -0.2) is 4.79 Å². The van der Waals surface area contributed by atoms with Gasteiger partial charge in [0, 0.05) is 6.42 Å². The lowest BCUT2D eigenvalue weighted by molar-refractivity contribution is -0.143. The van der Waals surface area contributed by atoms with Gasteiger partial charge in [-0.1, -0.05) is 64.7 Å². The van der Waals surface area contributed by atoms with Crippen LogP contribution in [0.5, 0.6) is 0 Å². The van der Waals surface area contributed by atoms with Crippen LogP contribution in [0.25, 0.3) is 0 Å². The van der Waals surface area contributed by atoms with Crippen molar-refractivity contribution in [1.29, 1.82) is 0 Å². The highest BCUT2D eigenvalue weighted by molar-refractivity contribution is 5.84. The van der Waals surface area contributed by atoms with Crippen molar-refractivity contribution < 1.29 is 29.7 Å². The summed E-state index contributed by atoms with van der Waals surface area (Å²) < 4.78 is 0. The molecule has 0 fully saturated rings. The number of aliphatic carboxylic acids is 2. The Morgan fingerprint density at radius 2 is 1.38 bits per heavy atom. The van der Waals surface area contributed by atoms with Crippen molar-refractivity contribution >= 4 is 17.8 Å². The van der Waals surface area contributed by atoms with Crippen LogP contribution >= 0.6 is 0 Å². The van der Waals surface area contributed by atoms with Gasteiger partial charge in [0.1, 0.15) is 6.04 Å². The molecule has 4 N–H and O–H groups in total. The maximum Gasteiger partial charge on any atom is 0.326 e. The van der Waals surface area contributed by atoms with E-state index in [0.29, 0.717) is 6.42 Å². The molecule has 2 atom stereocenters. The van der Waals surface area contributed by atoms with Gasteiger partial charge in [0.15, 0.2) is 0 Å². The monoisotopic (exact) mass is 373 g/mol. The molecule has 152 valence electrons. The molecule has 0 aromatic carbocycles. The van der Waals surface area contributed by atoms with Gasteiger partial charge in [-0.3, -0.25) is 9.59 Å². The molecule has 0 aliphatic carbocycles. The normalized spacial score (nSPS) is 13.2. The molecule has 0 saturated heterocycles. The summed E-state index contributed by atoms with van der Waals surface area (Å²) in [6.07, 6.45) is 9.60. The number of carbonyl (C=O) groups is 3. The molecule has 0 aliphatic rings. The van der Waals surface area contributed by atoms with Crippen molar-refractivity contribution in [2.45, 2.75) is 103 Å². The number of carboxylic acids is 2. The molecule has 0 rings (SSSR count). The van der Waals surface area contributed by atoms with E-state index in [0.717, 1.165) is 19.3 Å². The van der Waals surface area contributed by atoms with Crippen LogP contribution < -0.4 is 5.32 Å². The second-order valence-electron chi connectivity index (χ2n) is 6.87. The molecule has 0 aromatic heterocycles. The third-order valence-electron chi connectivity index (χ3n) is 4.34. The molecule has 0 saturated carbocycles. The van der Waals surface area contributed by atoms with Crippen LogP contribution in [0.3, 0.4) is 0 Å². The van der Waals surface area contributed by atoms with E-state index in [-0.39, 0.29) is 19.3 Å². The Morgan fingerprint density at radius 1 is 0.846 bits per heavy atom. The largest absolute Gasteiger partial charge is 0.481 e. The van der Waals surface area contributed by atoms with Gasteiger partial charge in [0.25, 0.3) is 0 Å². The average Bonchev–Trinajstić information content (AvgIpc) is 2.56. The zero-order valence-corrected chi connectivity index (χ0v) is 15.9. The van der Waals surface area contributed by atoms with Crippen molar-refractivity contribution in [3.63, 3.8) is 0 Å². The van der Waals surface area contributed by atoms with Crippen LogP contribution in [0.1, 0.15) is 90.4 Å². The van der Waals surface area contributed by atoms with E-state index in [2.05, 4.69) is 12.2 Å². The Labute approximate surface area is 156 Å². The standard InChI is InChI=1S/C19H35NO6/c1-2-3-4-5-6-7-8-9-10-11-15(21)14-17(22)20-16(19(25)26)12-13-18(23)24/h15-16,21H,2-14H2,1H3,(H,20,22)(H,23,24)(H,25,26). The molecule has 0 aliphatic heterocycles. The summed E-state index contributed by atoms with van der Waals surface area (Å²) in [4.78, 5) is 33.3. The second kappa shape index (κ2) is 15.6. The van der Waals surface area contributed by atoms with E-state index < -0.39 is 30.0 Å². The number of carboxylic acid groups (broad SMARTS) is 2. The maximum atomic E-state index is 11.8. The second-order valence-corrected chi connectivity index (χ2v) is 6.87. The molecule has 0 heterocycles. The summed E-state index contributed by atoms with van der Waals surface area (Å²) in [5, 5.41) is 29.7. The van der Waals surface area contributed by atoms with Gasteiger partial charge in [-0.05, 0) is 12.8 Å². The third-order valence-corrected chi connectivity index (χ3v) is 4.34. The van der Waals surface area contributed by atoms with Crippen molar-refractivity contribution in [3.05, 3.63) is 0 Å². The minimum Gasteiger partial charge on any atom is -0.481 e. The van der Waals surface area contributed by atoms with Gasteiger partial charge in [0.2, 0.25) is 5.91 Å². The van der Waals surface area contributed by atoms with Gasteiger partial charge in [-0.15, -0.1) is 0 Å². The smallest absolute Gasteiger partial charge is 0.326 e. The van der Waals surface area contributed by atoms with E-state index in [4.69, 9.17) is 10.2 Å². The highest BCUT2D eigenvalue weighted by Crippen LogP contribution is 2.12. The summed E-state index contributed by atoms with van der Waals surface area (Å²) in [6, 6.07) is -1.24. The molecule has 0 bridgehead atoms. The van der Waals surface area contributed by atoms with Crippen LogP contribution in [0.4, 0.5) is 0 Å². The number of amides is 1. The quantitative estimate of drug-likeness (QED) is 0.290. The third kappa shape index (κ3) is 14.7. The molecule has 7 nitrogen and oxygen atoms in total. The van der Waals surface area contributed by atoms with Crippen LogP contribution in [-0.4, -0.2) is 45.3 Å². The molecule has 2 unspecified atom stereocenters. The number of hydrogen-bond acceptors (Lipinski definition) is 4. The Kier molecular flexibility index (Phi) is 14.6. The number of rotatable bonds is 17. The fourth-order valence-corrected chi connectivity index (χ4v) is 2.79. The average molecular weight is 373 g/mol. The highest BCUT2D eigenvalue weighted by Gasteiger charge is 2.22. The number of nitrogens with one attached hydrogen (secondary N) is 1. The number of carbonyl (C=O) groups excluding carboxylic acids is 1. The molecule has 0 radical (unpaired) electrons. The van der Waals surface area contributed by atoms with Crippen LogP contribution in [-0.2, 0) is 14.4 Å². The van der Waals surface area contributed by atoms with Gasteiger partial charge >= 0.3 is 11.9 Å². The molecule has 0 spiro atoms. The maximum absolute atomic E-state index is 11.8. The summed E-state index contributed by atoms with van der Waals surface area (Å²) in [5.74, 6) is -2.95. The summed E-state index contributed by atoms with van der Waals surface area (Å²) in [6.45, 7) is 2.20. The van der Waals surface area contributed by atoms with E-state index >= 15 is 0 Å². The van der Waals surface area contributed by atoms with Crippen molar-refractivity contribution in [2.24, 2.45) is 0 Å². The lowest BCUT2D eigenvalue weighted by atomic mass is 10.0. The topological polar surface area (TPSA) is 124 Å². The lowest BCUT2D eigenvalue weighted by Gasteiger charge is -2.15. The Hall–Kier alpha value is -1.63. The first kappa shape index (κ1) is 24.4. The molecular weight excluding hydrogens is 338 g/mol. The first-order valence-corrected chi connectivity index (χ1v) is 9.78. The summed E-state index contributed by atoms with van der Waals surface area (Å²) in [5.41, 5.74) is 0. The number of aliphatic hydroxyl groups is 1. The fraction of sp³-hybridized carbons (Fsp3) is 0.842. The van der Waals surface area contributed by atoms with Gasteiger partial charge in [-0.2, -0.15) is 0 Å². The number of aliphatic hydroxyl groups excluding tert-OH is 1. The fourth-order valence-electron chi connectivity index (χ4n) is 2.79. The van der Waals surface area contributed by atoms with Crippen LogP contribution in [0, 0.1) is 0 Å². The van der Waals surface area contributed by atoms with E-state index in [1.54, 1.807) is 0 Å². The predicted octanol–water partition coefficient (Wildman–Crippen LogP) is 3.09. The SMILES string of the molecule is CCCCCCCCCCCC(O)CC(=O)NC(CCC(=O)O)C(=O)O.